The van der Waals surface area contributed by atoms with E-state index in [-0.39, 0.29) is 24.5 Å². The van der Waals surface area contributed by atoms with Crippen LogP contribution in [-0.2, 0) is 19.6 Å². The minimum absolute atomic E-state index is 0. The third-order valence-corrected chi connectivity index (χ3v) is 8.24. The van der Waals surface area contributed by atoms with Crippen LogP contribution in [0.15, 0.2) is 0 Å². The van der Waals surface area contributed by atoms with Crippen LogP contribution in [0.25, 0.3) is 0 Å². The van der Waals surface area contributed by atoms with Gasteiger partial charge in [-0.1, -0.05) is 19.3 Å². The Bertz CT molecular complexity index is 557. The van der Waals surface area contributed by atoms with E-state index in [2.05, 4.69) is 4.72 Å². The first kappa shape index (κ1) is 20.9. The Morgan fingerprint density at radius 1 is 1.04 bits per heavy atom. The van der Waals surface area contributed by atoms with Gasteiger partial charge in [-0.25, -0.2) is 13.1 Å². The zero-order chi connectivity index (χ0) is 17.3. The molecule has 0 saturated heterocycles. The van der Waals surface area contributed by atoms with Gasteiger partial charge in [0.05, 0.1) is 18.3 Å². The van der Waals surface area contributed by atoms with Gasteiger partial charge in [-0.3, -0.25) is 4.79 Å². The van der Waals surface area contributed by atoms with Crippen molar-refractivity contribution in [1.29, 1.82) is 0 Å². The number of methoxy groups -OCH3 is 1. The molecule has 3 saturated carbocycles. The maximum absolute atomic E-state index is 13.0. The molecule has 0 amide bonds. The fraction of sp³-hybridized carbons (Fsp3) is 0.941. The highest BCUT2D eigenvalue weighted by atomic mass is 35.5. The van der Waals surface area contributed by atoms with Crippen LogP contribution in [0.5, 0.6) is 0 Å². The number of nitrogens with one attached hydrogen (secondary N) is 1. The SMILES string of the molecule is COC(=O)C1CCCCC1S(=O)(=O)NC1C2CCCC1CC(N)C2.Cl. The number of carbonyl (C=O) groups excluding carboxylic acids is 1. The van der Waals surface area contributed by atoms with Gasteiger partial charge in [0.1, 0.15) is 0 Å². The Morgan fingerprint density at radius 3 is 2.24 bits per heavy atom. The number of hydrogen-bond acceptors (Lipinski definition) is 5. The molecule has 0 aliphatic heterocycles. The molecule has 3 aliphatic rings. The minimum atomic E-state index is -3.54. The zero-order valence-electron chi connectivity index (χ0n) is 14.9. The summed E-state index contributed by atoms with van der Waals surface area (Å²) in [6, 6.07) is 0.183. The zero-order valence-corrected chi connectivity index (χ0v) is 16.5. The summed E-state index contributed by atoms with van der Waals surface area (Å²) in [5.74, 6) is -0.257. The highest BCUT2D eigenvalue weighted by Gasteiger charge is 2.45. The van der Waals surface area contributed by atoms with Gasteiger partial charge in [-0.2, -0.15) is 0 Å². The minimum Gasteiger partial charge on any atom is -0.469 e. The Balaban J connectivity index is 0.00000225. The molecule has 3 fully saturated rings. The van der Waals surface area contributed by atoms with E-state index >= 15 is 0 Å². The number of ether oxygens (including phenoxy) is 1. The normalized spacial score (nSPS) is 38.5. The Kier molecular flexibility index (Phi) is 7.16. The predicted molar refractivity (Wildman–Crippen MR) is 98.9 cm³/mol. The summed E-state index contributed by atoms with van der Waals surface area (Å²) in [5.41, 5.74) is 6.14. The van der Waals surface area contributed by atoms with Gasteiger partial charge in [0.2, 0.25) is 10.0 Å². The van der Waals surface area contributed by atoms with Crippen molar-refractivity contribution in [1.82, 2.24) is 4.72 Å². The molecular formula is C17H31ClN2O4S. The van der Waals surface area contributed by atoms with E-state index < -0.39 is 27.2 Å². The molecule has 0 heterocycles. The highest BCUT2D eigenvalue weighted by Crippen LogP contribution is 2.41. The number of esters is 1. The fourth-order valence-corrected chi connectivity index (χ4v) is 7.24. The molecule has 0 aromatic rings. The molecule has 3 rings (SSSR count). The van der Waals surface area contributed by atoms with Gasteiger partial charge in [-0.15, -0.1) is 12.4 Å². The van der Waals surface area contributed by atoms with Crippen LogP contribution in [0.3, 0.4) is 0 Å². The van der Waals surface area contributed by atoms with E-state index in [1.54, 1.807) is 0 Å². The highest BCUT2D eigenvalue weighted by molar-refractivity contribution is 7.90. The molecule has 4 atom stereocenters. The van der Waals surface area contributed by atoms with Crippen molar-refractivity contribution in [2.45, 2.75) is 75.1 Å². The first-order chi connectivity index (χ1) is 11.4. The molecule has 2 bridgehead atoms. The van der Waals surface area contributed by atoms with E-state index in [0.29, 0.717) is 24.7 Å². The first-order valence-corrected chi connectivity index (χ1v) is 10.8. The first-order valence-electron chi connectivity index (χ1n) is 9.27. The maximum atomic E-state index is 13.0. The standard InChI is InChI=1S/C17H30N2O4S.ClH/c1-23-17(20)14-7-2-3-8-15(14)24(21,22)19-16-11-5-4-6-12(16)10-13(18)9-11;/h11-16,19H,2-10,18H2,1H3;1H. The van der Waals surface area contributed by atoms with Crippen LogP contribution in [0.1, 0.15) is 57.8 Å². The molecule has 3 aliphatic carbocycles. The second kappa shape index (κ2) is 8.55. The van der Waals surface area contributed by atoms with Gasteiger partial charge in [0.25, 0.3) is 0 Å². The molecule has 0 spiro atoms. The summed E-state index contributed by atoms with van der Waals surface area (Å²) in [5, 5.41) is -0.657. The summed E-state index contributed by atoms with van der Waals surface area (Å²) in [4.78, 5) is 12.0. The van der Waals surface area contributed by atoms with Crippen molar-refractivity contribution in [2.75, 3.05) is 7.11 Å². The summed E-state index contributed by atoms with van der Waals surface area (Å²) in [6.45, 7) is 0. The molecule has 8 heteroatoms. The molecule has 6 nitrogen and oxygen atoms in total. The average Bonchev–Trinajstić information content (AvgIpc) is 2.55. The van der Waals surface area contributed by atoms with Crippen LogP contribution in [0.4, 0.5) is 0 Å². The van der Waals surface area contributed by atoms with Crippen LogP contribution in [0, 0.1) is 17.8 Å². The molecule has 25 heavy (non-hydrogen) atoms. The Morgan fingerprint density at radius 2 is 1.64 bits per heavy atom. The molecule has 3 N–H and O–H groups in total. The molecular weight excluding hydrogens is 364 g/mol. The lowest BCUT2D eigenvalue weighted by molar-refractivity contribution is -0.146. The number of halogens is 1. The largest absolute Gasteiger partial charge is 0.469 e. The lowest BCUT2D eigenvalue weighted by Gasteiger charge is -2.45. The van der Waals surface area contributed by atoms with E-state index in [1.165, 1.54) is 7.11 Å². The molecule has 146 valence electrons. The van der Waals surface area contributed by atoms with Gasteiger partial charge in [-0.05, 0) is 50.4 Å². The number of rotatable bonds is 4. The Hall–Kier alpha value is -0.370. The Labute approximate surface area is 157 Å². The number of fused-ring (bicyclic) bond motifs is 2. The summed E-state index contributed by atoms with van der Waals surface area (Å²) in [6.07, 6.45) is 7.91. The van der Waals surface area contributed by atoms with Gasteiger partial charge < -0.3 is 10.5 Å². The third kappa shape index (κ3) is 4.49. The van der Waals surface area contributed by atoms with Crippen molar-refractivity contribution < 1.29 is 17.9 Å². The summed E-state index contributed by atoms with van der Waals surface area (Å²) >= 11 is 0. The summed E-state index contributed by atoms with van der Waals surface area (Å²) < 4.78 is 33.9. The average molecular weight is 395 g/mol. The van der Waals surface area contributed by atoms with E-state index in [4.69, 9.17) is 10.5 Å². The maximum Gasteiger partial charge on any atom is 0.310 e. The summed E-state index contributed by atoms with van der Waals surface area (Å²) in [7, 11) is -2.20. The lowest BCUT2D eigenvalue weighted by Crippen LogP contribution is -2.56. The molecule has 4 unspecified atom stereocenters. The van der Waals surface area contributed by atoms with Crippen LogP contribution < -0.4 is 10.5 Å². The van der Waals surface area contributed by atoms with E-state index in [9.17, 15) is 13.2 Å². The number of sulfonamides is 1. The topological polar surface area (TPSA) is 98.5 Å². The molecule has 0 radical (unpaired) electrons. The second-order valence-corrected chi connectivity index (χ2v) is 9.75. The number of hydrogen-bond donors (Lipinski definition) is 2. The number of nitrogens with two attached hydrogens (primary N) is 1. The van der Waals surface area contributed by atoms with Crippen LogP contribution in [0.2, 0.25) is 0 Å². The van der Waals surface area contributed by atoms with Crippen molar-refractivity contribution in [3.63, 3.8) is 0 Å². The lowest BCUT2D eigenvalue weighted by atomic mass is 9.67. The fourth-order valence-electron chi connectivity index (χ4n) is 5.15. The van der Waals surface area contributed by atoms with Crippen LogP contribution >= 0.6 is 12.4 Å². The third-order valence-electron chi connectivity index (χ3n) is 6.28. The van der Waals surface area contributed by atoms with Gasteiger partial charge >= 0.3 is 5.97 Å². The monoisotopic (exact) mass is 394 g/mol. The van der Waals surface area contributed by atoms with Crippen molar-refractivity contribution in [3.05, 3.63) is 0 Å². The molecule has 0 aromatic heterocycles. The van der Waals surface area contributed by atoms with Gasteiger partial charge in [0, 0.05) is 12.1 Å². The van der Waals surface area contributed by atoms with Crippen molar-refractivity contribution in [2.24, 2.45) is 23.5 Å². The smallest absolute Gasteiger partial charge is 0.310 e. The van der Waals surface area contributed by atoms with E-state index in [1.807, 2.05) is 0 Å². The van der Waals surface area contributed by atoms with E-state index in [0.717, 1.165) is 44.9 Å². The second-order valence-electron chi connectivity index (χ2n) is 7.82. The van der Waals surface area contributed by atoms with Gasteiger partial charge in [0.15, 0.2) is 0 Å². The quantitative estimate of drug-likeness (QED) is 0.710. The van der Waals surface area contributed by atoms with Crippen LogP contribution in [-0.4, -0.2) is 38.8 Å². The predicted octanol–water partition coefficient (Wildman–Crippen LogP) is 1.97. The number of carbonyl (C=O) groups is 1. The molecule has 0 aromatic carbocycles. The van der Waals surface area contributed by atoms with Crippen molar-refractivity contribution >= 4 is 28.4 Å². The van der Waals surface area contributed by atoms with Crippen molar-refractivity contribution in [3.8, 4) is 0 Å².